The molecule has 5 aromatic rings. The Morgan fingerprint density at radius 1 is 0.964 bits per heavy atom. The molecular formula is C22H19N5O. The summed E-state index contributed by atoms with van der Waals surface area (Å²) in [5, 5.41) is 10.0. The first-order valence-electron chi connectivity index (χ1n) is 9.16. The van der Waals surface area contributed by atoms with Crippen molar-refractivity contribution < 1.29 is 4.42 Å². The van der Waals surface area contributed by atoms with Crippen LogP contribution in [0.15, 0.2) is 71.3 Å². The molecule has 6 heteroatoms. The number of fused-ring (bicyclic) bond motifs is 3. The molecule has 0 saturated carbocycles. The fourth-order valence-electron chi connectivity index (χ4n) is 3.53. The predicted molar refractivity (Wildman–Crippen MR) is 109 cm³/mol. The SMILES string of the molecule is Cc1ccccc1-c1nnc2c3ccccc3nc(N(C)Cc3ccco3)n12. The summed E-state index contributed by atoms with van der Waals surface area (Å²) in [5.74, 6) is 2.43. The highest BCUT2D eigenvalue weighted by Crippen LogP contribution is 2.29. The molecule has 0 saturated heterocycles. The lowest BCUT2D eigenvalue weighted by Gasteiger charge is -2.20. The number of aromatic nitrogens is 4. The lowest BCUT2D eigenvalue weighted by atomic mass is 10.1. The largest absolute Gasteiger partial charge is 0.467 e. The molecule has 28 heavy (non-hydrogen) atoms. The highest BCUT2D eigenvalue weighted by Gasteiger charge is 2.20. The van der Waals surface area contributed by atoms with Gasteiger partial charge in [-0.05, 0) is 36.8 Å². The van der Waals surface area contributed by atoms with Gasteiger partial charge >= 0.3 is 0 Å². The van der Waals surface area contributed by atoms with E-state index in [2.05, 4.69) is 34.2 Å². The van der Waals surface area contributed by atoms with Crippen molar-refractivity contribution in [2.24, 2.45) is 0 Å². The van der Waals surface area contributed by atoms with E-state index in [-0.39, 0.29) is 0 Å². The minimum absolute atomic E-state index is 0.596. The van der Waals surface area contributed by atoms with Crippen LogP contribution < -0.4 is 4.90 Å². The van der Waals surface area contributed by atoms with Gasteiger partial charge in [-0.1, -0.05) is 36.4 Å². The number of nitrogens with zero attached hydrogens (tertiary/aromatic N) is 5. The molecular weight excluding hydrogens is 350 g/mol. The number of hydrogen-bond acceptors (Lipinski definition) is 5. The van der Waals surface area contributed by atoms with E-state index in [0.29, 0.717) is 6.54 Å². The van der Waals surface area contributed by atoms with E-state index >= 15 is 0 Å². The summed E-state index contributed by atoms with van der Waals surface area (Å²) in [6.07, 6.45) is 1.68. The number of rotatable bonds is 4. The van der Waals surface area contributed by atoms with Gasteiger partial charge in [0.05, 0.1) is 18.3 Å². The summed E-state index contributed by atoms with van der Waals surface area (Å²) in [7, 11) is 2.00. The molecule has 0 unspecified atom stereocenters. The van der Waals surface area contributed by atoms with E-state index in [1.54, 1.807) is 6.26 Å². The van der Waals surface area contributed by atoms with Crippen LogP contribution in [0.1, 0.15) is 11.3 Å². The standard InChI is InChI=1S/C22H19N5O/c1-15-8-3-4-10-17(15)20-24-25-21-18-11-5-6-12-19(18)23-22(27(20)21)26(2)14-16-9-7-13-28-16/h3-13H,14H2,1-2H3. The number of benzene rings is 2. The molecule has 0 N–H and O–H groups in total. The van der Waals surface area contributed by atoms with E-state index in [9.17, 15) is 0 Å². The Balaban J connectivity index is 1.79. The summed E-state index contributed by atoms with van der Waals surface area (Å²) >= 11 is 0. The van der Waals surface area contributed by atoms with Gasteiger partial charge in [-0.25, -0.2) is 9.38 Å². The van der Waals surface area contributed by atoms with Crippen LogP contribution in [0.3, 0.4) is 0 Å². The summed E-state index contributed by atoms with van der Waals surface area (Å²) < 4.78 is 7.57. The Hall–Kier alpha value is -3.67. The van der Waals surface area contributed by atoms with Gasteiger partial charge in [-0.3, -0.25) is 0 Å². The van der Waals surface area contributed by atoms with E-state index < -0.39 is 0 Å². The molecule has 0 aliphatic rings. The van der Waals surface area contributed by atoms with Crippen molar-refractivity contribution in [1.82, 2.24) is 19.6 Å². The van der Waals surface area contributed by atoms with Gasteiger partial charge in [0.25, 0.3) is 0 Å². The third-order valence-corrected chi connectivity index (χ3v) is 4.93. The minimum atomic E-state index is 0.596. The maximum atomic E-state index is 5.53. The highest BCUT2D eigenvalue weighted by molar-refractivity contribution is 5.93. The van der Waals surface area contributed by atoms with Crippen molar-refractivity contribution in [2.45, 2.75) is 13.5 Å². The number of furan rings is 1. The zero-order valence-corrected chi connectivity index (χ0v) is 15.7. The normalized spacial score (nSPS) is 11.4. The van der Waals surface area contributed by atoms with Crippen LogP contribution in [0, 0.1) is 6.92 Å². The first-order valence-corrected chi connectivity index (χ1v) is 9.16. The summed E-state index contributed by atoms with van der Waals surface area (Å²) in [4.78, 5) is 7.00. The molecule has 3 heterocycles. The fraction of sp³-hybridized carbons (Fsp3) is 0.136. The molecule has 0 amide bonds. The smallest absolute Gasteiger partial charge is 0.213 e. The fourth-order valence-corrected chi connectivity index (χ4v) is 3.53. The second-order valence-electron chi connectivity index (χ2n) is 6.86. The first-order chi connectivity index (χ1) is 13.7. The van der Waals surface area contributed by atoms with Crippen LogP contribution in [-0.2, 0) is 6.54 Å². The molecule has 6 nitrogen and oxygen atoms in total. The van der Waals surface area contributed by atoms with Gasteiger partial charge in [0.15, 0.2) is 11.5 Å². The van der Waals surface area contributed by atoms with Gasteiger partial charge in [0.1, 0.15) is 5.76 Å². The lowest BCUT2D eigenvalue weighted by molar-refractivity contribution is 0.506. The molecule has 0 radical (unpaired) electrons. The van der Waals surface area contributed by atoms with E-state index in [1.807, 2.05) is 60.0 Å². The van der Waals surface area contributed by atoms with Gasteiger partial charge < -0.3 is 9.32 Å². The number of anilines is 1. The van der Waals surface area contributed by atoms with Gasteiger partial charge in [0, 0.05) is 18.0 Å². The summed E-state index contributed by atoms with van der Waals surface area (Å²) in [6.45, 7) is 2.68. The lowest BCUT2D eigenvalue weighted by Crippen LogP contribution is -2.21. The summed E-state index contributed by atoms with van der Waals surface area (Å²) in [5.41, 5.74) is 3.87. The van der Waals surface area contributed by atoms with E-state index in [4.69, 9.17) is 9.40 Å². The van der Waals surface area contributed by atoms with Crippen LogP contribution in [0.5, 0.6) is 0 Å². The van der Waals surface area contributed by atoms with Crippen LogP contribution >= 0.6 is 0 Å². The monoisotopic (exact) mass is 369 g/mol. The maximum absolute atomic E-state index is 5.53. The maximum Gasteiger partial charge on any atom is 0.213 e. The second-order valence-corrected chi connectivity index (χ2v) is 6.86. The summed E-state index contributed by atoms with van der Waals surface area (Å²) in [6, 6.07) is 20.1. The van der Waals surface area contributed by atoms with Crippen LogP contribution in [0.2, 0.25) is 0 Å². The molecule has 0 fully saturated rings. The van der Waals surface area contributed by atoms with Crippen molar-refractivity contribution in [3.05, 3.63) is 78.3 Å². The first kappa shape index (κ1) is 16.5. The molecule has 0 spiro atoms. The average Bonchev–Trinajstić information content (AvgIpc) is 3.38. The Bertz CT molecular complexity index is 1270. The average molecular weight is 369 g/mol. The van der Waals surface area contributed by atoms with Crippen molar-refractivity contribution in [3.8, 4) is 11.4 Å². The molecule has 0 aliphatic carbocycles. The zero-order valence-electron chi connectivity index (χ0n) is 15.7. The highest BCUT2D eigenvalue weighted by atomic mass is 16.3. The van der Waals surface area contributed by atoms with Crippen LogP contribution in [0.25, 0.3) is 27.9 Å². The van der Waals surface area contributed by atoms with E-state index in [0.717, 1.165) is 45.2 Å². The molecule has 5 rings (SSSR count). The molecule has 3 aromatic heterocycles. The second kappa shape index (κ2) is 6.49. The number of aryl methyl sites for hydroxylation is 1. The molecule has 0 aliphatic heterocycles. The number of hydrogen-bond donors (Lipinski definition) is 0. The molecule has 2 aromatic carbocycles. The molecule has 0 bridgehead atoms. The van der Waals surface area contributed by atoms with E-state index in [1.165, 1.54) is 0 Å². The van der Waals surface area contributed by atoms with Gasteiger partial charge in [-0.2, -0.15) is 0 Å². The van der Waals surface area contributed by atoms with Crippen LogP contribution in [-0.4, -0.2) is 26.6 Å². The molecule has 0 atom stereocenters. The van der Waals surface area contributed by atoms with Crippen LogP contribution in [0.4, 0.5) is 5.95 Å². The third-order valence-electron chi connectivity index (χ3n) is 4.93. The van der Waals surface area contributed by atoms with Gasteiger partial charge in [0.2, 0.25) is 5.95 Å². The van der Waals surface area contributed by atoms with Gasteiger partial charge in [-0.15, -0.1) is 10.2 Å². The Kier molecular flexibility index (Phi) is 3.83. The Labute approximate surface area is 162 Å². The van der Waals surface area contributed by atoms with Crippen molar-refractivity contribution >= 4 is 22.5 Å². The Morgan fingerprint density at radius 2 is 1.79 bits per heavy atom. The van der Waals surface area contributed by atoms with Crippen molar-refractivity contribution in [2.75, 3.05) is 11.9 Å². The topological polar surface area (TPSA) is 59.5 Å². The third kappa shape index (κ3) is 2.62. The number of para-hydroxylation sites is 1. The van der Waals surface area contributed by atoms with Crippen molar-refractivity contribution in [3.63, 3.8) is 0 Å². The van der Waals surface area contributed by atoms with Crippen molar-refractivity contribution in [1.29, 1.82) is 0 Å². The minimum Gasteiger partial charge on any atom is -0.467 e. The molecule has 138 valence electrons. The Morgan fingerprint density at radius 3 is 2.61 bits per heavy atom. The predicted octanol–water partition coefficient (Wildman–Crippen LogP) is 4.48. The zero-order chi connectivity index (χ0) is 19.1. The quantitative estimate of drug-likeness (QED) is 0.467.